The van der Waals surface area contributed by atoms with Gasteiger partial charge in [-0.1, -0.05) is 30.3 Å². The summed E-state index contributed by atoms with van der Waals surface area (Å²) in [5, 5.41) is -0.520. The average molecular weight is 277 g/mol. The zero-order chi connectivity index (χ0) is 13.7. The third-order valence-corrected chi connectivity index (χ3v) is 2.85. The number of halogens is 1. The Kier molecular flexibility index (Phi) is 4.42. The van der Waals surface area contributed by atoms with Crippen molar-refractivity contribution in [3.05, 3.63) is 59.7 Å². The maximum atomic E-state index is 11.1. The molecule has 0 unspecified atom stereocenters. The first-order valence-electron chi connectivity index (χ1n) is 5.75. The highest BCUT2D eigenvalue weighted by atomic mass is 35.5. The maximum Gasteiger partial charge on any atom is 0.252 e. The Balaban J connectivity index is 2.14. The number of carbonyl (C=O) groups excluding carboxylic acids is 1. The van der Waals surface area contributed by atoms with Crippen LogP contribution in [0.15, 0.2) is 48.5 Å². The lowest BCUT2D eigenvalue weighted by Crippen LogP contribution is -1.99. The standard InChI is InChI=1S/C15H13ClO3/c1-18-14-9-12(15(16)17)7-8-13(14)19-10-11-5-3-2-4-6-11/h2-9H,10H2,1H3. The summed E-state index contributed by atoms with van der Waals surface area (Å²) in [5.74, 6) is 1.07. The van der Waals surface area contributed by atoms with Gasteiger partial charge in [-0.15, -0.1) is 0 Å². The summed E-state index contributed by atoms with van der Waals surface area (Å²) in [4.78, 5) is 11.1. The molecular weight excluding hydrogens is 264 g/mol. The molecule has 0 aliphatic heterocycles. The van der Waals surface area contributed by atoms with Crippen LogP contribution in [0.4, 0.5) is 0 Å². The average Bonchev–Trinajstić information content (AvgIpc) is 2.45. The van der Waals surface area contributed by atoms with Crippen LogP contribution in [-0.2, 0) is 6.61 Å². The molecule has 2 aromatic rings. The molecule has 0 N–H and O–H groups in total. The Hall–Kier alpha value is -2.00. The summed E-state index contributed by atoms with van der Waals surface area (Å²) >= 11 is 5.42. The van der Waals surface area contributed by atoms with Crippen molar-refractivity contribution in [3.63, 3.8) is 0 Å². The summed E-state index contributed by atoms with van der Waals surface area (Å²) in [5.41, 5.74) is 1.44. The quantitative estimate of drug-likeness (QED) is 0.782. The molecule has 0 bridgehead atoms. The normalized spacial score (nSPS) is 10.0. The van der Waals surface area contributed by atoms with Gasteiger partial charge in [-0.2, -0.15) is 0 Å². The van der Waals surface area contributed by atoms with Gasteiger partial charge in [-0.3, -0.25) is 4.79 Å². The zero-order valence-electron chi connectivity index (χ0n) is 10.4. The first kappa shape index (κ1) is 13.4. The fourth-order valence-electron chi connectivity index (χ4n) is 1.64. The molecule has 2 rings (SSSR count). The Bertz CT molecular complexity index is 567. The van der Waals surface area contributed by atoms with Crippen molar-refractivity contribution in [1.29, 1.82) is 0 Å². The fourth-order valence-corrected chi connectivity index (χ4v) is 1.76. The molecule has 0 aliphatic carbocycles. The zero-order valence-corrected chi connectivity index (χ0v) is 11.2. The van der Waals surface area contributed by atoms with Crippen LogP contribution in [0.25, 0.3) is 0 Å². The Morgan fingerprint density at radius 3 is 2.47 bits per heavy atom. The maximum absolute atomic E-state index is 11.1. The Labute approximate surface area is 116 Å². The van der Waals surface area contributed by atoms with E-state index in [0.29, 0.717) is 23.7 Å². The van der Waals surface area contributed by atoms with Gasteiger partial charge < -0.3 is 9.47 Å². The number of hydrogen-bond acceptors (Lipinski definition) is 3. The molecule has 0 spiro atoms. The number of benzene rings is 2. The topological polar surface area (TPSA) is 35.5 Å². The van der Waals surface area contributed by atoms with E-state index in [2.05, 4.69) is 0 Å². The van der Waals surface area contributed by atoms with Crippen LogP contribution < -0.4 is 9.47 Å². The highest BCUT2D eigenvalue weighted by Gasteiger charge is 2.09. The van der Waals surface area contributed by atoms with E-state index in [1.807, 2.05) is 30.3 Å². The van der Waals surface area contributed by atoms with Gasteiger partial charge in [-0.25, -0.2) is 0 Å². The molecule has 0 atom stereocenters. The van der Waals surface area contributed by atoms with Gasteiger partial charge in [-0.05, 0) is 35.4 Å². The van der Waals surface area contributed by atoms with Gasteiger partial charge in [0.25, 0.3) is 5.24 Å². The monoisotopic (exact) mass is 276 g/mol. The van der Waals surface area contributed by atoms with Crippen molar-refractivity contribution in [3.8, 4) is 11.5 Å². The molecule has 0 saturated heterocycles. The number of carbonyl (C=O) groups is 1. The third kappa shape index (κ3) is 3.48. The smallest absolute Gasteiger partial charge is 0.252 e. The minimum Gasteiger partial charge on any atom is -0.493 e. The lowest BCUT2D eigenvalue weighted by molar-refractivity contribution is 0.108. The van der Waals surface area contributed by atoms with E-state index in [1.54, 1.807) is 18.2 Å². The first-order valence-corrected chi connectivity index (χ1v) is 6.13. The van der Waals surface area contributed by atoms with E-state index < -0.39 is 5.24 Å². The third-order valence-electron chi connectivity index (χ3n) is 2.63. The van der Waals surface area contributed by atoms with Crippen molar-refractivity contribution >= 4 is 16.8 Å². The first-order chi connectivity index (χ1) is 9.20. The number of methoxy groups -OCH3 is 1. The van der Waals surface area contributed by atoms with Crippen LogP contribution in [-0.4, -0.2) is 12.4 Å². The molecule has 98 valence electrons. The second-order valence-electron chi connectivity index (χ2n) is 3.91. The summed E-state index contributed by atoms with van der Waals surface area (Å²) < 4.78 is 10.9. The van der Waals surface area contributed by atoms with Crippen molar-refractivity contribution < 1.29 is 14.3 Å². The highest BCUT2D eigenvalue weighted by Crippen LogP contribution is 2.29. The van der Waals surface area contributed by atoms with E-state index in [-0.39, 0.29) is 0 Å². The molecule has 0 radical (unpaired) electrons. The molecule has 0 fully saturated rings. The molecule has 3 nitrogen and oxygen atoms in total. The van der Waals surface area contributed by atoms with E-state index >= 15 is 0 Å². The summed E-state index contributed by atoms with van der Waals surface area (Å²) in [6, 6.07) is 14.7. The SMILES string of the molecule is COc1cc(C(=O)Cl)ccc1OCc1ccccc1. The van der Waals surface area contributed by atoms with Gasteiger partial charge in [0.05, 0.1) is 7.11 Å². The molecular formula is C15H13ClO3. The van der Waals surface area contributed by atoms with E-state index in [4.69, 9.17) is 21.1 Å². The Morgan fingerprint density at radius 2 is 1.84 bits per heavy atom. The minimum absolute atomic E-state index is 0.380. The van der Waals surface area contributed by atoms with Crippen LogP contribution in [0.1, 0.15) is 15.9 Å². The highest BCUT2D eigenvalue weighted by molar-refractivity contribution is 6.67. The number of hydrogen-bond donors (Lipinski definition) is 0. The number of rotatable bonds is 5. The van der Waals surface area contributed by atoms with E-state index in [0.717, 1.165) is 5.56 Å². The molecule has 0 saturated carbocycles. The van der Waals surface area contributed by atoms with Crippen LogP contribution in [0.5, 0.6) is 11.5 Å². The lowest BCUT2D eigenvalue weighted by atomic mass is 10.2. The molecule has 0 heterocycles. The summed E-state index contributed by atoms with van der Waals surface area (Å²) in [6.07, 6.45) is 0. The van der Waals surface area contributed by atoms with Gasteiger partial charge >= 0.3 is 0 Å². The van der Waals surface area contributed by atoms with Gasteiger partial charge in [0, 0.05) is 5.56 Å². The summed E-state index contributed by atoms with van der Waals surface area (Å²) in [7, 11) is 1.52. The lowest BCUT2D eigenvalue weighted by Gasteiger charge is -2.11. The molecule has 0 amide bonds. The van der Waals surface area contributed by atoms with Crippen LogP contribution in [0.3, 0.4) is 0 Å². The fraction of sp³-hybridized carbons (Fsp3) is 0.133. The van der Waals surface area contributed by atoms with Crippen molar-refractivity contribution in [2.45, 2.75) is 6.61 Å². The van der Waals surface area contributed by atoms with E-state index in [1.165, 1.54) is 7.11 Å². The van der Waals surface area contributed by atoms with E-state index in [9.17, 15) is 4.79 Å². The van der Waals surface area contributed by atoms with Crippen LogP contribution in [0, 0.1) is 0 Å². The predicted octanol–water partition coefficient (Wildman–Crippen LogP) is 3.65. The molecule has 2 aromatic carbocycles. The van der Waals surface area contributed by atoms with Crippen molar-refractivity contribution in [2.75, 3.05) is 7.11 Å². The second kappa shape index (κ2) is 6.25. The Morgan fingerprint density at radius 1 is 1.11 bits per heavy atom. The van der Waals surface area contributed by atoms with Crippen molar-refractivity contribution in [1.82, 2.24) is 0 Å². The number of ether oxygens (including phenoxy) is 2. The predicted molar refractivity (Wildman–Crippen MR) is 74.0 cm³/mol. The van der Waals surface area contributed by atoms with Crippen LogP contribution >= 0.6 is 11.6 Å². The molecule has 0 aromatic heterocycles. The second-order valence-corrected chi connectivity index (χ2v) is 4.26. The largest absolute Gasteiger partial charge is 0.493 e. The van der Waals surface area contributed by atoms with Gasteiger partial charge in [0.15, 0.2) is 11.5 Å². The van der Waals surface area contributed by atoms with Gasteiger partial charge in [0.2, 0.25) is 0 Å². The molecule has 4 heteroatoms. The summed E-state index contributed by atoms with van der Waals surface area (Å²) in [6.45, 7) is 0.436. The van der Waals surface area contributed by atoms with Crippen molar-refractivity contribution in [2.24, 2.45) is 0 Å². The molecule has 19 heavy (non-hydrogen) atoms. The van der Waals surface area contributed by atoms with Crippen LogP contribution in [0.2, 0.25) is 0 Å². The minimum atomic E-state index is -0.520. The van der Waals surface area contributed by atoms with Gasteiger partial charge in [0.1, 0.15) is 6.61 Å². The molecule has 0 aliphatic rings.